The molecule has 2 aliphatic rings. The smallest absolute Gasteiger partial charge is 0.231 e. The van der Waals surface area contributed by atoms with E-state index in [1.165, 1.54) is 0 Å². The van der Waals surface area contributed by atoms with Crippen LogP contribution in [0.4, 0.5) is 4.39 Å². The van der Waals surface area contributed by atoms with Crippen LogP contribution in [0.2, 0.25) is 0 Å². The Labute approximate surface area is 162 Å². The fourth-order valence-electron chi connectivity index (χ4n) is 3.41. The fraction of sp³-hybridized carbons (Fsp3) is 0.333. The Morgan fingerprint density at radius 3 is 2.50 bits per heavy atom. The van der Waals surface area contributed by atoms with Gasteiger partial charge in [0.1, 0.15) is 5.82 Å². The molecule has 1 N–H and O–H groups in total. The number of hydrogen-bond acceptors (Lipinski definition) is 7. The van der Waals surface area contributed by atoms with E-state index < -0.39 is 42.5 Å². The molecule has 1 saturated heterocycles. The molecule has 4 rings (SSSR count). The van der Waals surface area contributed by atoms with Gasteiger partial charge >= 0.3 is 0 Å². The Hall–Kier alpha value is -2.17. The number of halogens is 1. The van der Waals surface area contributed by atoms with Crippen molar-refractivity contribution in [2.75, 3.05) is 18.3 Å². The summed E-state index contributed by atoms with van der Waals surface area (Å²) in [6, 6.07) is 8.95. The third kappa shape index (κ3) is 3.71. The zero-order chi connectivity index (χ0) is 19.9. The first-order chi connectivity index (χ1) is 13.2. The predicted molar refractivity (Wildman–Crippen MR) is 99.2 cm³/mol. The van der Waals surface area contributed by atoms with Crippen LogP contribution in [0.1, 0.15) is 5.56 Å². The molecule has 2 aliphatic heterocycles. The van der Waals surface area contributed by atoms with Crippen molar-refractivity contribution in [3.05, 3.63) is 53.8 Å². The van der Waals surface area contributed by atoms with Gasteiger partial charge in [-0.3, -0.25) is 0 Å². The molecule has 2 aromatic carbocycles. The van der Waals surface area contributed by atoms with Gasteiger partial charge in [0.25, 0.3) is 0 Å². The van der Waals surface area contributed by atoms with Crippen molar-refractivity contribution in [2.45, 2.75) is 22.7 Å². The van der Waals surface area contributed by atoms with E-state index in [1.807, 2.05) is 0 Å². The quantitative estimate of drug-likeness (QED) is 0.718. The molecule has 2 atom stereocenters. The topological polar surface area (TPSA) is 98.8 Å². The minimum atomic E-state index is -3.94. The molecular weight excluding hydrogens is 409 g/mol. The number of rotatable bonds is 5. The van der Waals surface area contributed by atoms with Crippen LogP contribution in [0, 0.1) is 5.82 Å². The normalized spacial score (nSPS) is 23.0. The van der Waals surface area contributed by atoms with Gasteiger partial charge in [-0.1, -0.05) is 6.07 Å². The van der Waals surface area contributed by atoms with Gasteiger partial charge < -0.3 is 14.8 Å². The molecule has 2 aromatic rings. The molecule has 0 spiro atoms. The maximum atomic E-state index is 13.1. The van der Waals surface area contributed by atoms with Gasteiger partial charge in [-0.15, -0.1) is 0 Å². The first-order valence-corrected chi connectivity index (χ1v) is 11.9. The molecule has 150 valence electrons. The summed E-state index contributed by atoms with van der Waals surface area (Å²) in [5.41, 5.74) is 0.812. The summed E-state index contributed by atoms with van der Waals surface area (Å²) in [6.07, 6.45) is 0. The number of hydrogen-bond donors (Lipinski definition) is 1. The molecule has 0 bridgehead atoms. The van der Waals surface area contributed by atoms with E-state index in [-0.39, 0.29) is 24.0 Å². The Balaban J connectivity index is 1.55. The molecule has 0 unspecified atom stereocenters. The minimum Gasteiger partial charge on any atom is -0.454 e. The van der Waals surface area contributed by atoms with Crippen LogP contribution in [-0.2, 0) is 26.2 Å². The van der Waals surface area contributed by atoms with Crippen molar-refractivity contribution >= 4 is 19.7 Å². The molecule has 0 aromatic heterocycles. The molecule has 0 radical (unpaired) electrons. The van der Waals surface area contributed by atoms with Crippen LogP contribution >= 0.6 is 0 Å². The summed E-state index contributed by atoms with van der Waals surface area (Å²) in [6.45, 7) is 0.414. The Bertz CT molecular complexity index is 1100. The zero-order valence-corrected chi connectivity index (χ0v) is 16.3. The summed E-state index contributed by atoms with van der Waals surface area (Å²) in [7, 11) is -7.46. The third-order valence-electron chi connectivity index (χ3n) is 4.85. The zero-order valence-electron chi connectivity index (χ0n) is 14.7. The second-order valence-corrected chi connectivity index (χ2v) is 11.1. The summed E-state index contributed by atoms with van der Waals surface area (Å²) >= 11 is 0. The van der Waals surface area contributed by atoms with E-state index in [0.717, 1.165) is 29.8 Å². The van der Waals surface area contributed by atoms with E-state index >= 15 is 0 Å². The van der Waals surface area contributed by atoms with Gasteiger partial charge in [0.05, 0.1) is 21.7 Å². The van der Waals surface area contributed by atoms with Gasteiger partial charge in [-0.2, -0.15) is 0 Å². The molecule has 28 heavy (non-hydrogen) atoms. The van der Waals surface area contributed by atoms with Crippen molar-refractivity contribution in [3.63, 3.8) is 0 Å². The molecule has 7 nitrogen and oxygen atoms in total. The molecule has 0 saturated carbocycles. The highest BCUT2D eigenvalue weighted by molar-refractivity contribution is 7.96. The highest BCUT2D eigenvalue weighted by Gasteiger charge is 2.45. The SMILES string of the molecule is O=S1(=O)C[C@@H](S(=O)(=O)c2ccc(F)cc2)[C@H](NCc2ccc3c(c2)OCO3)C1. The first-order valence-electron chi connectivity index (χ1n) is 8.56. The minimum absolute atomic E-state index is 0.0918. The van der Waals surface area contributed by atoms with Crippen molar-refractivity contribution in [1.29, 1.82) is 0 Å². The molecule has 2 heterocycles. The maximum Gasteiger partial charge on any atom is 0.231 e. The van der Waals surface area contributed by atoms with Gasteiger partial charge in [0.15, 0.2) is 31.2 Å². The van der Waals surface area contributed by atoms with Crippen molar-refractivity contribution in [1.82, 2.24) is 5.32 Å². The third-order valence-corrected chi connectivity index (χ3v) is 9.01. The number of ether oxygens (including phenoxy) is 2. The van der Waals surface area contributed by atoms with Crippen LogP contribution < -0.4 is 14.8 Å². The molecule has 1 fully saturated rings. The average molecular weight is 427 g/mol. The van der Waals surface area contributed by atoms with E-state index in [2.05, 4.69) is 5.32 Å². The summed E-state index contributed by atoms with van der Waals surface area (Å²) < 4.78 is 73.9. The number of fused-ring (bicyclic) bond motifs is 1. The average Bonchev–Trinajstić information content (AvgIpc) is 3.23. The van der Waals surface area contributed by atoms with Crippen molar-refractivity contribution in [3.8, 4) is 11.5 Å². The lowest BCUT2D eigenvalue weighted by Crippen LogP contribution is -2.43. The van der Waals surface area contributed by atoms with Crippen LogP contribution in [0.15, 0.2) is 47.4 Å². The highest BCUT2D eigenvalue weighted by atomic mass is 32.2. The van der Waals surface area contributed by atoms with Crippen LogP contribution in [0.25, 0.3) is 0 Å². The van der Waals surface area contributed by atoms with Gasteiger partial charge in [0.2, 0.25) is 6.79 Å². The molecule has 0 amide bonds. The standard InChI is InChI=1S/C18H18FNO6S2/c19-13-2-4-14(5-3-13)28(23,24)18-10-27(21,22)9-15(18)20-8-12-1-6-16-17(7-12)26-11-25-16/h1-7,15,18,20H,8-11H2/t15-,18-/m1/s1. The van der Waals surface area contributed by atoms with E-state index in [4.69, 9.17) is 9.47 Å². The Kier molecular flexibility index (Phi) is 4.80. The molecule has 0 aliphatic carbocycles. The molecular formula is C18H18FNO6S2. The van der Waals surface area contributed by atoms with Crippen LogP contribution in [0.3, 0.4) is 0 Å². The van der Waals surface area contributed by atoms with Gasteiger partial charge in [-0.05, 0) is 42.0 Å². The maximum absolute atomic E-state index is 13.1. The Morgan fingerprint density at radius 1 is 1.04 bits per heavy atom. The lowest BCUT2D eigenvalue weighted by atomic mass is 10.2. The van der Waals surface area contributed by atoms with Crippen molar-refractivity contribution in [2.24, 2.45) is 0 Å². The monoisotopic (exact) mass is 427 g/mol. The van der Waals surface area contributed by atoms with Crippen LogP contribution in [0.5, 0.6) is 11.5 Å². The summed E-state index contributed by atoms with van der Waals surface area (Å²) in [4.78, 5) is -0.0918. The predicted octanol–water partition coefficient (Wildman–Crippen LogP) is 1.28. The highest BCUT2D eigenvalue weighted by Crippen LogP contribution is 2.33. The first kappa shape index (κ1) is 19.2. The number of benzene rings is 2. The van der Waals surface area contributed by atoms with E-state index in [0.29, 0.717) is 11.5 Å². The lowest BCUT2D eigenvalue weighted by molar-refractivity contribution is 0.174. The molecule has 10 heteroatoms. The van der Waals surface area contributed by atoms with E-state index in [1.54, 1.807) is 18.2 Å². The fourth-order valence-corrected chi connectivity index (χ4v) is 8.13. The van der Waals surface area contributed by atoms with Gasteiger partial charge in [-0.25, -0.2) is 21.2 Å². The Morgan fingerprint density at radius 2 is 1.75 bits per heavy atom. The lowest BCUT2D eigenvalue weighted by Gasteiger charge is -2.20. The summed E-state index contributed by atoms with van der Waals surface area (Å²) in [5.74, 6) is -0.0815. The van der Waals surface area contributed by atoms with E-state index in [9.17, 15) is 21.2 Å². The second kappa shape index (κ2) is 7.02. The number of nitrogens with one attached hydrogen (secondary N) is 1. The van der Waals surface area contributed by atoms with Crippen molar-refractivity contribution < 1.29 is 30.7 Å². The largest absolute Gasteiger partial charge is 0.454 e. The van der Waals surface area contributed by atoms with Gasteiger partial charge in [0, 0.05) is 12.6 Å². The number of sulfone groups is 2. The van der Waals surface area contributed by atoms with Crippen LogP contribution in [-0.4, -0.2) is 46.4 Å². The summed E-state index contributed by atoms with van der Waals surface area (Å²) in [5, 5.41) is 1.91. The second-order valence-electron chi connectivity index (χ2n) is 6.79.